The first-order valence-corrected chi connectivity index (χ1v) is 5.93. The molecular weight excluding hydrogens is 248 g/mol. The lowest BCUT2D eigenvalue weighted by atomic mass is 10.2. The number of nitrogens with one attached hydrogen (secondary N) is 1. The van der Waals surface area contributed by atoms with Gasteiger partial charge >= 0.3 is 0 Å². The highest BCUT2D eigenvalue weighted by Gasteiger charge is 2.22. The third kappa shape index (κ3) is 1.77. The molecule has 17 heavy (non-hydrogen) atoms. The van der Waals surface area contributed by atoms with E-state index in [1.54, 1.807) is 0 Å². The first-order chi connectivity index (χ1) is 7.97. The van der Waals surface area contributed by atoms with Gasteiger partial charge in [0.25, 0.3) is 15.8 Å². The molecule has 0 amide bonds. The monoisotopic (exact) mass is 256 g/mol. The average Bonchev–Trinajstić information content (AvgIpc) is 2.75. The van der Waals surface area contributed by atoms with Gasteiger partial charge in [0.1, 0.15) is 10.4 Å². The smallest absolute Gasteiger partial charge is 0.297 e. The summed E-state index contributed by atoms with van der Waals surface area (Å²) in [7, 11) is -2.84. The van der Waals surface area contributed by atoms with Crippen LogP contribution in [0, 0.1) is 10.1 Å². The predicted molar refractivity (Wildman–Crippen MR) is 59.1 cm³/mol. The van der Waals surface area contributed by atoms with Gasteiger partial charge in [-0.05, 0) is 12.1 Å². The van der Waals surface area contributed by atoms with Crippen molar-refractivity contribution in [2.75, 3.05) is 7.11 Å². The molecular formula is C9H8N2O5S. The maximum atomic E-state index is 11.6. The van der Waals surface area contributed by atoms with E-state index in [2.05, 4.69) is 9.17 Å². The van der Waals surface area contributed by atoms with E-state index >= 15 is 0 Å². The normalized spacial score (nSPS) is 11.8. The minimum atomic E-state index is -3.88. The average molecular weight is 256 g/mol. The van der Waals surface area contributed by atoms with Gasteiger partial charge in [-0.15, -0.1) is 0 Å². The van der Waals surface area contributed by atoms with Crippen molar-refractivity contribution in [3.8, 4) is 0 Å². The largest absolute Gasteiger partial charge is 0.356 e. The quantitative estimate of drug-likeness (QED) is 0.508. The Kier molecular flexibility index (Phi) is 2.60. The lowest BCUT2D eigenvalue weighted by molar-refractivity contribution is -0.383. The van der Waals surface area contributed by atoms with E-state index < -0.39 is 15.0 Å². The molecule has 0 aliphatic heterocycles. The zero-order valence-electron chi connectivity index (χ0n) is 8.71. The predicted octanol–water partition coefficient (Wildman–Crippen LogP) is 1.41. The number of aromatic nitrogens is 1. The Morgan fingerprint density at radius 1 is 1.35 bits per heavy atom. The van der Waals surface area contributed by atoms with E-state index in [0.29, 0.717) is 0 Å². The molecule has 0 saturated heterocycles. The van der Waals surface area contributed by atoms with Gasteiger partial charge in [-0.2, -0.15) is 8.42 Å². The standard InChI is InChI=1S/C9H8N2O5S/c1-16-17(14,15)8-3-2-7(11(12)13)9-6(8)4-5-10-9/h2-5,10H,1H3. The number of hydrogen-bond donors (Lipinski definition) is 1. The SMILES string of the molecule is COS(=O)(=O)c1ccc([N+](=O)[O-])c2[nH]ccc12. The number of nitro benzene ring substituents is 1. The molecule has 1 heterocycles. The van der Waals surface area contributed by atoms with Gasteiger partial charge < -0.3 is 4.98 Å². The molecule has 1 aromatic carbocycles. The summed E-state index contributed by atoms with van der Waals surface area (Å²) in [4.78, 5) is 12.7. The van der Waals surface area contributed by atoms with Gasteiger partial charge in [0.2, 0.25) is 0 Å². The van der Waals surface area contributed by atoms with Crippen molar-refractivity contribution in [3.05, 3.63) is 34.5 Å². The molecule has 0 atom stereocenters. The van der Waals surface area contributed by atoms with Crippen LogP contribution in [0.5, 0.6) is 0 Å². The molecule has 2 rings (SSSR count). The van der Waals surface area contributed by atoms with Gasteiger partial charge in [-0.3, -0.25) is 14.3 Å². The van der Waals surface area contributed by atoms with Crippen molar-refractivity contribution in [2.45, 2.75) is 4.90 Å². The summed E-state index contributed by atoms with van der Waals surface area (Å²) in [6.45, 7) is 0. The van der Waals surface area contributed by atoms with Crippen molar-refractivity contribution in [1.29, 1.82) is 0 Å². The third-order valence-electron chi connectivity index (χ3n) is 2.35. The minimum Gasteiger partial charge on any atom is -0.356 e. The molecule has 0 aliphatic rings. The Hall–Kier alpha value is -1.93. The summed E-state index contributed by atoms with van der Waals surface area (Å²) in [6, 6.07) is 3.74. The number of fused-ring (bicyclic) bond motifs is 1. The fourth-order valence-electron chi connectivity index (χ4n) is 1.57. The maximum absolute atomic E-state index is 11.6. The summed E-state index contributed by atoms with van der Waals surface area (Å²) < 4.78 is 27.6. The first-order valence-electron chi connectivity index (χ1n) is 4.52. The zero-order chi connectivity index (χ0) is 12.6. The van der Waals surface area contributed by atoms with Crippen molar-refractivity contribution in [2.24, 2.45) is 0 Å². The van der Waals surface area contributed by atoms with Gasteiger partial charge in [-0.25, -0.2) is 0 Å². The highest BCUT2D eigenvalue weighted by molar-refractivity contribution is 7.87. The van der Waals surface area contributed by atoms with Crippen LogP contribution >= 0.6 is 0 Å². The second kappa shape index (κ2) is 3.82. The van der Waals surface area contributed by atoms with Crippen molar-refractivity contribution in [1.82, 2.24) is 4.98 Å². The molecule has 2 aromatic rings. The van der Waals surface area contributed by atoms with Gasteiger partial charge in [0, 0.05) is 17.6 Å². The Labute approximate surface area is 96.3 Å². The van der Waals surface area contributed by atoms with Gasteiger partial charge in [0.15, 0.2) is 0 Å². The van der Waals surface area contributed by atoms with Crippen LogP contribution in [0.15, 0.2) is 29.3 Å². The molecule has 0 spiro atoms. The van der Waals surface area contributed by atoms with E-state index in [4.69, 9.17) is 0 Å². The number of benzene rings is 1. The maximum Gasteiger partial charge on any atom is 0.297 e. The third-order valence-corrected chi connectivity index (χ3v) is 3.68. The van der Waals surface area contributed by atoms with E-state index in [9.17, 15) is 18.5 Å². The minimum absolute atomic E-state index is 0.0955. The van der Waals surface area contributed by atoms with E-state index in [0.717, 1.165) is 19.2 Å². The van der Waals surface area contributed by atoms with Crippen LogP contribution in [0.1, 0.15) is 0 Å². The Bertz CT molecular complexity index is 688. The fourth-order valence-corrected chi connectivity index (χ4v) is 2.43. The topological polar surface area (TPSA) is 102 Å². The molecule has 90 valence electrons. The molecule has 0 bridgehead atoms. The summed E-state index contributed by atoms with van der Waals surface area (Å²) in [6.07, 6.45) is 1.44. The molecule has 8 heteroatoms. The van der Waals surface area contributed by atoms with Crippen LogP contribution in [0.2, 0.25) is 0 Å². The number of hydrogen-bond acceptors (Lipinski definition) is 5. The number of nitro groups is 1. The van der Waals surface area contributed by atoms with Crippen molar-refractivity contribution >= 4 is 26.7 Å². The van der Waals surface area contributed by atoms with Crippen LogP contribution in [-0.2, 0) is 14.3 Å². The first kappa shape index (κ1) is 11.6. The highest BCUT2D eigenvalue weighted by Crippen LogP contribution is 2.30. The van der Waals surface area contributed by atoms with Crippen LogP contribution in [0.3, 0.4) is 0 Å². The van der Waals surface area contributed by atoms with E-state index in [1.165, 1.54) is 12.3 Å². The number of aromatic amines is 1. The van der Waals surface area contributed by atoms with E-state index in [1.807, 2.05) is 0 Å². The summed E-state index contributed by atoms with van der Waals surface area (Å²) in [5, 5.41) is 11.0. The lowest BCUT2D eigenvalue weighted by Gasteiger charge is -2.03. The molecule has 1 N–H and O–H groups in total. The molecule has 0 radical (unpaired) electrons. The molecule has 0 fully saturated rings. The van der Waals surface area contributed by atoms with Crippen molar-refractivity contribution in [3.63, 3.8) is 0 Å². The Balaban J connectivity index is 2.83. The summed E-state index contributed by atoms with van der Waals surface area (Å²) in [5.41, 5.74) is -0.0202. The molecule has 0 saturated carbocycles. The number of non-ortho nitro benzene ring substituents is 1. The number of rotatable bonds is 3. The highest BCUT2D eigenvalue weighted by atomic mass is 32.2. The summed E-state index contributed by atoms with van der Waals surface area (Å²) >= 11 is 0. The Morgan fingerprint density at radius 2 is 2.06 bits per heavy atom. The van der Waals surface area contributed by atoms with Crippen LogP contribution in [-0.4, -0.2) is 25.4 Å². The van der Waals surface area contributed by atoms with Gasteiger partial charge in [-0.1, -0.05) is 0 Å². The summed E-state index contributed by atoms with van der Waals surface area (Å²) in [5.74, 6) is 0. The van der Waals surface area contributed by atoms with Crippen LogP contribution in [0.4, 0.5) is 5.69 Å². The van der Waals surface area contributed by atoms with Crippen LogP contribution in [0.25, 0.3) is 10.9 Å². The van der Waals surface area contributed by atoms with E-state index in [-0.39, 0.29) is 21.5 Å². The lowest BCUT2D eigenvalue weighted by Crippen LogP contribution is -2.03. The van der Waals surface area contributed by atoms with Gasteiger partial charge in [0.05, 0.1) is 12.0 Å². The number of H-pyrrole nitrogens is 1. The molecule has 7 nitrogen and oxygen atoms in total. The number of nitrogens with zero attached hydrogens (tertiary/aromatic N) is 1. The second-order valence-corrected chi connectivity index (χ2v) is 4.91. The fraction of sp³-hybridized carbons (Fsp3) is 0.111. The molecule has 0 unspecified atom stereocenters. The van der Waals surface area contributed by atoms with Crippen LogP contribution < -0.4 is 0 Å². The zero-order valence-corrected chi connectivity index (χ0v) is 9.52. The molecule has 0 aliphatic carbocycles. The second-order valence-electron chi connectivity index (χ2n) is 3.23. The van der Waals surface area contributed by atoms with Crippen molar-refractivity contribution < 1.29 is 17.5 Å². The Morgan fingerprint density at radius 3 is 2.65 bits per heavy atom. The molecule has 1 aromatic heterocycles.